The average Bonchev–Trinajstić information content (AvgIpc) is 2.91. The molecule has 1 fully saturated rings. The third-order valence-corrected chi connectivity index (χ3v) is 7.89. The quantitative estimate of drug-likeness (QED) is 0.194. The van der Waals surface area contributed by atoms with Crippen molar-refractivity contribution in [3.63, 3.8) is 0 Å². The van der Waals surface area contributed by atoms with Crippen molar-refractivity contribution in [3.8, 4) is 16.9 Å². The van der Waals surface area contributed by atoms with Gasteiger partial charge in [-0.25, -0.2) is 4.39 Å². The molecule has 3 N–H and O–H groups in total. The number of hydrogen-bond donors (Lipinski definition) is 3. The standard InChI is InChI=1S/C30H26FNO6S/c31-22-8-4-7-20(16-22)27(33)15-14-26-29(32(30(26)35)23-9-2-1-3-10-23)21-12-13-25(28(34)18-21)19-6-5-11-24(17-19)39(36,37)38/h1-13,16-18,26-27,29,33-34H,14-15H2,(H,36,37,38)/t26-,27+,29-/m1/s1. The van der Waals surface area contributed by atoms with Crippen LogP contribution in [0, 0.1) is 11.7 Å². The molecule has 0 saturated carbocycles. The highest BCUT2D eigenvalue weighted by Crippen LogP contribution is 2.47. The monoisotopic (exact) mass is 547 g/mol. The van der Waals surface area contributed by atoms with Gasteiger partial charge in [-0.05, 0) is 72.0 Å². The fraction of sp³-hybridized carbons (Fsp3) is 0.167. The van der Waals surface area contributed by atoms with Gasteiger partial charge in [0.25, 0.3) is 10.1 Å². The first-order valence-corrected chi connectivity index (χ1v) is 13.8. The Morgan fingerprint density at radius 2 is 1.64 bits per heavy atom. The minimum Gasteiger partial charge on any atom is -0.507 e. The Morgan fingerprint density at radius 3 is 2.33 bits per heavy atom. The van der Waals surface area contributed by atoms with E-state index >= 15 is 0 Å². The Morgan fingerprint density at radius 1 is 0.897 bits per heavy atom. The molecule has 0 aliphatic carbocycles. The second-order valence-corrected chi connectivity index (χ2v) is 10.9. The fourth-order valence-corrected chi connectivity index (χ4v) is 5.63. The number of para-hydroxylation sites is 1. The van der Waals surface area contributed by atoms with E-state index in [0.717, 1.165) is 0 Å². The summed E-state index contributed by atoms with van der Waals surface area (Å²) in [6.45, 7) is 0. The zero-order valence-corrected chi connectivity index (χ0v) is 21.5. The van der Waals surface area contributed by atoms with Gasteiger partial charge in [-0.1, -0.05) is 54.6 Å². The summed E-state index contributed by atoms with van der Waals surface area (Å²) in [6, 6.07) is 25.0. The van der Waals surface area contributed by atoms with Crippen LogP contribution >= 0.6 is 0 Å². The van der Waals surface area contributed by atoms with Crippen LogP contribution in [0.3, 0.4) is 0 Å². The Bertz CT molecular complexity index is 1630. The number of carbonyl (C=O) groups is 1. The molecule has 4 aromatic rings. The van der Waals surface area contributed by atoms with Crippen molar-refractivity contribution in [2.24, 2.45) is 5.92 Å². The Labute approximate surface area is 225 Å². The van der Waals surface area contributed by atoms with E-state index in [1.165, 1.54) is 36.4 Å². The normalized spacial score (nSPS) is 18.0. The number of carbonyl (C=O) groups excluding carboxylic acids is 1. The largest absolute Gasteiger partial charge is 0.507 e. The van der Waals surface area contributed by atoms with Crippen LogP contribution in [0.2, 0.25) is 0 Å². The van der Waals surface area contributed by atoms with Gasteiger partial charge in [-0.2, -0.15) is 8.42 Å². The number of phenolic OH excluding ortho intramolecular Hbond substituents is 1. The van der Waals surface area contributed by atoms with Gasteiger partial charge in [-0.15, -0.1) is 0 Å². The second-order valence-electron chi connectivity index (χ2n) is 9.52. The van der Waals surface area contributed by atoms with E-state index in [-0.39, 0.29) is 23.0 Å². The average molecular weight is 548 g/mol. The van der Waals surface area contributed by atoms with E-state index in [4.69, 9.17) is 0 Å². The van der Waals surface area contributed by atoms with Crippen molar-refractivity contribution < 1.29 is 32.4 Å². The van der Waals surface area contributed by atoms with Crippen LogP contribution in [0.1, 0.15) is 36.1 Å². The summed E-state index contributed by atoms with van der Waals surface area (Å²) in [7, 11) is -4.42. The van der Waals surface area contributed by atoms with Crippen molar-refractivity contribution in [2.75, 3.05) is 4.90 Å². The van der Waals surface area contributed by atoms with Crippen LogP contribution in [0.15, 0.2) is 102 Å². The molecule has 5 rings (SSSR count). The number of phenols is 1. The third kappa shape index (κ3) is 5.42. The highest BCUT2D eigenvalue weighted by Gasteiger charge is 2.48. The predicted octanol–water partition coefficient (Wildman–Crippen LogP) is 5.66. The molecule has 7 nitrogen and oxygen atoms in total. The number of aliphatic hydroxyl groups is 1. The summed E-state index contributed by atoms with van der Waals surface area (Å²) in [6.07, 6.45) is -0.361. The molecule has 4 aromatic carbocycles. The van der Waals surface area contributed by atoms with Gasteiger partial charge < -0.3 is 15.1 Å². The number of benzene rings is 4. The van der Waals surface area contributed by atoms with Gasteiger partial charge in [-0.3, -0.25) is 9.35 Å². The van der Waals surface area contributed by atoms with Crippen LogP contribution in [-0.2, 0) is 14.9 Å². The molecule has 0 unspecified atom stereocenters. The van der Waals surface area contributed by atoms with E-state index in [2.05, 4.69) is 0 Å². The number of nitrogens with zero attached hydrogens (tertiary/aromatic N) is 1. The van der Waals surface area contributed by atoms with Crippen molar-refractivity contribution >= 4 is 21.7 Å². The molecule has 1 amide bonds. The highest BCUT2D eigenvalue weighted by atomic mass is 32.2. The lowest BCUT2D eigenvalue weighted by atomic mass is 9.78. The summed E-state index contributed by atoms with van der Waals surface area (Å²) >= 11 is 0. The Balaban J connectivity index is 1.44. The maximum atomic E-state index is 13.6. The smallest absolute Gasteiger partial charge is 0.294 e. The molecular weight excluding hydrogens is 521 g/mol. The zero-order chi connectivity index (χ0) is 27.7. The first-order valence-electron chi connectivity index (χ1n) is 12.4. The number of β-lactam (4-membered cyclic amide) rings is 1. The van der Waals surface area contributed by atoms with Crippen molar-refractivity contribution in [1.82, 2.24) is 0 Å². The van der Waals surface area contributed by atoms with E-state index in [0.29, 0.717) is 34.4 Å². The predicted molar refractivity (Wildman–Crippen MR) is 144 cm³/mol. The maximum Gasteiger partial charge on any atom is 0.294 e. The van der Waals surface area contributed by atoms with Crippen LogP contribution in [0.5, 0.6) is 5.75 Å². The topological polar surface area (TPSA) is 115 Å². The summed E-state index contributed by atoms with van der Waals surface area (Å²) in [5.74, 6) is -1.17. The van der Waals surface area contributed by atoms with E-state index in [1.807, 2.05) is 30.3 Å². The Kier molecular flexibility index (Phi) is 7.22. The maximum absolute atomic E-state index is 13.6. The summed E-state index contributed by atoms with van der Waals surface area (Å²) < 4.78 is 46.1. The lowest BCUT2D eigenvalue weighted by molar-refractivity contribution is -0.131. The molecule has 39 heavy (non-hydrogen) atoms. The molecule has 200 valence electrons. The molecule has 1 aliphatic heterocycles. The highest BCUT2D eigenvalue weighted by molar-refractivity contribution is 7.85. The lowest BCUT2D eigenvalue weighted by Gasteiger charge is -2.48. The minimum absolute atomic E-state index is 0.120. The minimum atomic E-state index is -4.42. The number of hydrogen-bond acceptors (Lipinski definition) is 5. The molecule has 0 spiro atoms. The van der Waals surface area contributed by atoms with E-state index in [1.54, 1.807) is 35.2 Å². The number of anilines is 1. The fourth-order valence-electron chi connectivity index (χ4n) is 5.11. The molecule has 9 heteroatoms. The van der Waals surface area contributed by atoms with E-state index in [9.17, 15) is 32.4 Å². The molecular formula is C30H26FNO6S. The first kappa shape index (κ1) is 26.6. The van der Waals surface area contributed by atoms with Crippen molar-refractivity contribution in [3.05, 3.63) is 114 Å². The number of halogens is 1. The molecule has 1 aliphatic rings. The summed E-state index contributed by atoms with van der Waals surface area (Å²) in [5, 5.41) is 21.6. The van der Waals surface area contributed by atoms with E-state index < -0.39 is 34.0 Å². The summed E-state index contributed by atoms with van der Waals surface area (Å²) in [5.41, 5.74) is 2.55. The second kappa shape index (κ2) is 10.6. The van der Waals surface area contributed by atoms with Crippen LogP contribution in [0.25, 0.3) is 11.1 Å². The number of aromatic hydroxyl groups is 1. The lowest BCUT2D eigenvalue weighted by Crippen LogP contribution is -2.55. The number of rotatable bonds is 8. The molecule has 1 heterocycles. The number of aliphatic hydroxyl groups excluding tert-OH is 1. The van der Waals surface area contributed by atoms with Crippen molar-refractivity contribution in [1.29, 1.82) is 0 Å². The molecule has 3 atom stereocenters. The molecule has 0 radical (unpaired) electrons. The molecule has 1 saturated heterocycles. The van der Waals surface area contributed by atoms with Gasteiger partial charge in [0, 0.05) is 11.3 Å². The number of amides is 1. The SMILES string of the molecule is O=C1[C@H](CC[C@H](O)c2cccc(F)c2)[C@@H](c2ccc(-c3cccc(S(=O)(=O)O)c3)c(O)c2)N1c1ccccc1. The Hall–Kier alpha value is -4.05. The van der Waals surface area contributed by atoms with Gasteiger partial charge in [0.05, 0.1) is 23.0 Å². The van der Waals surface area contributed by atoms with Crippen LogP contribution < -0.4 is 4.90 Å². The zero-order valence-electron chi connectivity index (χ0n) is 20.7. The first-order chi connectivity index (χ1) is 18.6. The van der Waals surface area contributed by atoms with Gasteiger partial charge in [0.15, 0.2) is 0 Å². The molecule has 0 aromatic heterocycles. The van der Waals surface area contributed by atoms with Crippen LogP contribution in [0.4, 0.5) is 10.1 Å². The third-order valence-electron chi connectivity index (χ3n) is 7.04. The van der Waals surface area contributed by atoms with Gasteiger partial charge >= 0.3 is 0 Å². The van der Waals surface area contributed by atoms with Crippen molar-refractivity contribution in [2.45, 2.75) is 29.9 Å². The van der Waals surface area contributed by atoms with Gasteiger partial charge in [0.1, 0.15) is 11.6 Å². The molecule has 0 bridgehead atoms. The van der Waals surface area contributed by atoms with Gasteiger partial charge in [0.2, 0.25) is 5.91 Å². The van der Waals surface area contributed by atoms with Crippen LogP contribution in [-0.4, -0.2) is 29.1 Å². The summed E-state index contributed by atoms with van der Waals surface area (Å²) in [4.78, 5) is 14.6.